The topological polar surface area (TPSA) is 217 Å². The monoisotopic (exact) mass is 629 g/mol. The van der Waals surface area contributed by atoms with Crippen molar-refractivity contribution >= 4 is 70.8 Å². The van der Waals surface area contributed by atoms with Crippen molar-refractivity contribution < 1.29 is 38.4 Å². The van der Waals surface area contributed by atoms with Gasteiger partial charge in [-0.3, -0.25) is 48.2 Å². The third kappa shape index (κ3) is 11.2. The summed E-state index contributed by atoms with van der Waals surface area (Å²) >= 11 is 2.61. The molecule has 2 heterocycles. The molecule has 0 spiro atoms. The number of nitrogens with zero attached hydrogens (tertiary/aromatic N) is 2. The molecule has 15 nitrogen and oxygen atoms in total. The van der Waals surface area contributed by atoms with E-state index in [0.29, 0.717) is 0 Å². The number of thioether (sulfide) groups is 2. The fourth-order valence-electron chi connectivity index (χ4n) is 4.25. The Morgan fingerprint density at radius 2 is 1.02 bits per heavy atom. The minimum atomic E-state index is -0.740. The lowest BCUT2D eigenvalue weighted by Crippen LogP contribution is -2.41. The Kier molecular flexibility index (Phi) is 14.8. The van der Waals surface area contributed by atoms with Crippen molar-refractivity contribution in [3.63, 3.8) is 0 Å². The van der Waals surface area contributed by atoms with Crippen LogP contribution in [0.2, 0.25) is 0 Å². The predicted octanol–water partition coefficient (Wildman–Crippen LogP) is -2.68. The molecule has 42 heavy (non-hydrogen) atoms. The lowest BCUT2D eigenvalue weighted by atomic mass is 10.1. The van der Waals surface area contributed by atoms with Gasteiger partial charge in [-0.15, -0.1) is 0 Å². The van der Waals surface area contributed by atoms with E-state index in [1.54, 1.807) is 12.5 Å². The van der Waals surface area contributed by atoms with Gasteiger partial charge < -0.3 is 27.0 Å². The molecule has 0 saturated carbocycles. The summed E-state index contributed by atoms with van der Waals surface area (Å²) < 4.78 is 0. The largest absolute Gasteiger partial charge is 0.354 e. The Hall–Kier alpha value is -3.18. The van der Waals surface area contributed by atoms with Crippen molar-refractivity contribution in [1.82, 2.24) is 31.1 Å². The molecule has 0 aliphatic carbocycles. The fourth-order valence-corrected chi connectivity index (χ4v) is 5.52. The van der Waals surface area contributed by atoms with Gasteiger partial charge in [0.1, 0.15) is 0 Å². The van der Waals surface area contributed by atoms with Crippen LogP contribution in [0, 0.1) is 0 Å². The molecule has 2 aliphatic rings. The summed E-state index contributed by atoms with van der Waals surface area (Å²) in [6, 6.07) is -0.740. The van der Waals surface area contributed by atoms with Crippen LogP contribution in [0.1, 0.15) is 38.5 Å². The number of nitrogens with two attached hydrogens (primary N) is 1. The van der Waals surface area contributed by atoms with E-state index in [1.165, 1.54) is 23.5 Å². The van der Waals surface area contributed by atoms with Crippen LogP contribution in [0.15, 0.2) is 0 Å². The SMILES string of the molecule is CSC1CC(=O)N(CCC(=O)NCCNC(=O)CC(N)CC(=O)NCCNC(=O)CCN2C(=O)CC(SC)C2=O)C1=O. The number of carbonyl (C=O) groups excluding carboxylic acids is 8. The Balaban J connectivity index is 1.49. The summed E-state index contributed by atoms with van der Waals surface area (Å²) in [4.78, 5) is 98.2. The fraction of sp³-hybridized carbons (Fsp3) is 0.680. The second-order valence-corrected chi connectivity index (χ2v) is 11.8. The van der Waals surface area contributed by atoms with E-state index in [2.05, 4.69) is 21.3 Å². The molecule has 0 aromatic carbocycles. The highest BCUT2D eigenvalue weighted by molar-refractivity contribution is 8.00. The zero-order valence-corrected chi connectivity index (χ0v) is 25.4. The van der Waals surface area contributed by atoms with Gasteiger partial charge in [0, 0.05) is 83.8 Å². The molecule has 2 saturated heterocycles. The molecule has 2 atom stereocenters. The van der Waals surface area contributed by atoms with E-state index in [9.17, 15) is 38.4 Å². The van der Waals surface area contributed by atoms with Crippen molar-refractivity contribution in [3.05, 3.63) is 0 Å². The normalized spacial score (nSPS) is 19.2. The summed E-state index contributed by atoms with van der Waals surface area (Å²) in [6.45, 7) is 0.583. The molecule has 6 N–H and O–H groups in total. The number of nitrogens with one attached hydrogen (secondary N) is 4. The van der Waals surface area contributed by atoms with E-state index in [-0.39, 0.29) is 113 Å². The zero-order chi connectivity index (χ0) is 31.2. The molecule has 0 radical (unpaired) electrons. The lowest BCUT2D eigenvalue weighted by molar-refractivity contribution is -0.140. The van der Waals surface area contributed by atoms with E-state index < -0.39 is 28.4 Å². The van der Waals surface area contributed by atoms with Crippen molar-refractivity contribution in [3.8, 4) is 0 Å². The molecule has 2 rings (SSSR count). The standard InChI is InChI=1S/C25H39N7O8S2/c1-41-16-13-22(37)31(24(16)39)9-3-18(33)27-5-7-29-20(35)11-15(26)12-21(36)30-8-6-28-19(34)4-10-32-23(38)14-17(42-2)25(32)40/h15-17H,3-14,26H2,1-2H3,(H,27,33)(H,28,34)(H,29,35)(H,30,36). The average Bonchev–Trinajstić information content (AvgIpc) is 3.38. The maximum Gasteiger partial charge on any atom is 0.242 e. The van der Waals surface area contributed by atoms with Crippen LogP contribution in [-0.2, 0) is 38.4 Å². The Morgan fingerprint density at radius 1 is 0.690 bits per heavy atom. The van der Waals surface area contributed by atoms with Crippen LogP contribution in [0.4, 0.5) is 0 Å². The molecule has 2 fully saturated rings. The van der Waals surface area contributed by atoms with Crippen molar-refractivity contribution in [2.45, 2.75) is 55.1 Å². The second-order valence-electron chi connectivity index (χ2n) is 9.69. The Bertz CT molecular complexity index is 980. The van der Waals surface area contributed by atoms with Crippen LogP contribution in [0.3, 0.4) is 0 Å². The van der Waals surface area contributed by atoms with Gasteiger partial charge in [-0.25, -0.2) is 0 Å². The minimum Gasteiger partial charge on any atom is -0.354 e. The minimum absolute atomic E-state index is 0.0120. The summed E-state index contributed by atoms with van der Waals surface area (Å²) in [5.41, 5.74) is 5.88. The van der Waals surface area contributed by atoms with E-state index in [1.807, 2.05) is 0 Å². The Morgan fingerprint density at radius 3 is 1.33 bits per heavy atom. The van der Waals surface area contributed by atoms with Crippen LogP contribution in [-0.4, -0.2) is 125 Å². The van der Waals surface area contributed by atoms with Crippen molar-refractivity contribution in [2.24, 2.45) is 5.73 Å². The summed E-state index contributed by atoms with van der Waals surface area (Å²) in [5.74, 6) is -2.65. The van der Waals surface area contributed by atoms with E-state index in [0.717, 1.165) is 9.80 Å². The number of rotatable bonds is 18. The smallest absolute Gasteiger partial charge is 0.242 e. The predicted molar refractivity (Wildman–Crippen MR) is 156 cm³/mol. The molecule has 2 aliphatic heterocycles. The molecule has 17 heteroatoms. The van der Waals surface area contributed by atoms with Crippen LogP contribution >= 0.6 is 23.5 Å². The van der Waals surface area contributed by atoms with Gasteiger partial charge in [-0.05, 0) is 12.5 Å². The quantitative estimate of drug-likeness (QED) is 0.0777. The molecular formula is C25H39N7O8S2. The number of amides is 8. The van der Waals surface area contributed by atoms with E-state index in [4.69, 9.17) is 5.73 Å². The number of hydrogen-bond acceptors (Lipinski definition) is 11. The highest BCUT2D eigenvalue weighted by Gasteiger charge is 2.38. The number of likely N-dealkylation sites (tertiary alicyclic amines) is 2. The lowest BCUT2D eigenvalue weighted by Gasteiger charge is -2.15. The maximum absolute atomic E-state index is 12.1. The first kappa shape index (κ1) is 35.0. The first-order chi connectivity index (χ1) is 20.0. The van der Waals surface area contributed by atoms with Crippen LogP contribution < -0.4 is 27.0 Å². The van der Waals surface area contributed by atoms with Gasteiger partial charge in [0.05, 0.1) is 10.5 Å². The Labute approximate surface area is 252 Å². The number of hydrogen-bond donors (Lipinski definition) is 5. The molecular weight excluding hydrogens is 590 g/mol. The first-order valence-electron chi connectivity index (χ1n) is 13.5. The summed E-state index contributed by atoms with van der Waals surface area (Å²) in [7, 11) is 0. The molecule has 0 aromatic rings. The highest BCUT2D eigenvalue weighted by Crippen LogP contribution is 2.23. The maximum atomic E-state index is 12.1. The second kappa shape index (κ2) is 17.7. The van der Waals surface area contributed by atoms with Gasteiger partial charge in [0.15, 0.2) is 0 Å². The van der Waals surface area contributed by atoms with Gasteiger partial charge in [-0.1, -0.05) is 0 Å². The van der Waals surface area contributed by atoms with Crippen LogP contribution in [0.25, 0.3) is 0 Å². The third-order valence-corrected chi connectivity index (χ3v) is 8.41. The van der Waals surface area contributed by atoms with Gasteiger partial charge >= 0.3 is 0 Å². The molecule has 8 amide bonds. The van der Waals surface area contributed by atoms with Gasteiger partial charge in [0.2, 0.25) is 47.3 Å². The number of carbonyl (C=O) groups is 8. The highest BCUT2D eigenvalue weighted by atomic mass is 32.2. The summed E-state index contributed by atoms with van der Waals surface area (Å²) in [5, 5.41) is 9.60. The molecule has 0 aromatic heterocycles. The first-order valence-corrected chi connectivity index (χ1v) is 16.1. The van der Waals surface area contributed by atoms with Crippen molar-refractivity contribution in [1.29, 1.82) is 0 Å². The average molecular weight is 630 g/mol. The van der Waals surface area contributed by atoms with Crippen LogP contribution in [0.5, 0.6) is 0 Å². The number of imide groups is 2. The van der Waals surface area contributed by atoms with E-state index >= 15 is 0 Å². The summed E-state index contributed by atoms with van der Waals surface area (Å²) in [6.07, 6.45) is 3.50. The molecule has 234 valence electrons. The molecule has 2 unspecified atom stereocenters. The molecule has 0 bridgehead atoms. The van der Waals surface area contributed by atoms with Crippen molar-refractivity contribution in [2.75, 3.05) is 51.8 Å². The zero-order valence-electron chi connectivity index (χ0n) is 23.8. The van der Waals surface area contributed by atoms with Gasteiger partial charge in [-0.2, -0.15) is 23.5 Å². The third-order valence-electron chi connectivity index (χ3n) is 6.53. The van der Waals surface area contributed by atoms with Gasteiger partial charge in [0.25, 0.3) is 0 Å².